The third-order valence-electron chi connectivity index (χ3n) is 8.66. The van der Waals surface area contributed by atoms with Crippen LogP contribution in [0.5, 0.6) is 0 Å². The van der Waals surface area contributed by atoms with Crippen molar-refractivity contribution >= 4 is 17.3 Å². The second kappa shape index (κ2) is 10.3. The lowest BCUT2D eigenvalue weighted by Gasteiger charge is -2.39. The highest BCUT2D eigenvalue weighted by Crippen LogP contribution is 2.49. The summed E-state index contributed by atoms with van der Waals surface area (Å²) in [6.45, 7) is 9.08. The maximum Gasteiger partial charge on any atom is 0.256 e. The van der Waals surface area contributed by atoms with Crippen molar-refractivity contribution in [2.45, 2.75) is 38.0 Å². The molecule has 192 valence electrons. The summed E-state index contributed by atoms with van der Waals surface area (Å²) in [5, 5.41) is 4.34. The first kappa shape index (κ1) is 24.2. The first-order valence-electron chi connectivity index (χ1n) is 14.0. The van der Waals surface area contributed by atoms with Crippen LogP contribution in [0.15, 0.2) is 78.9 Å². The van der Waals surface area contributed by atoms with Crippen LogP contribution < -0.4 is 9.91 Å². The quantitative estimate of drug-likeness (QED) is 0.469. The number of rotatable bonds is 6. The van der Waals surface area contributed by atoms with Crippen molar-refractivity contribution in [1.82, 2.24) is 9.91 Å². The van der Waals surface area contributed by atoms with Crippen molar-refractivity contribution in [2.24, 2.45) is 0 Å². The van der Waals surface area contributed by atoms with Crippen LogP contribution in [0.25, 0.3) is 0 Å². The average molecular weight is 495 g/mol. The Hall–Kier alpha value is -3.15. The van der Waals surface area contributed by atoms with Crippen molar-refractivity contribution in [3.63, 3.8) is 0 Å². The molecule has 3 aromatic rings. The molecule has 0 aliphatic carbocycles. The molecule has 3 heterocycles. The van der Waals surface area contributed by atoms with Crippen LogP contribution in [-0.4, -0.2) is 61.6 Å². The number of amides is 1. The van der Waals surface area contributed by atoms with Gasteiger partial charge in [0.25, 0.3) is 5.91 Å². The van der Waals surface area contributed by atoms with Gasteiger partial charge in [-0.25, -0.2) is 10.0 Å². The summed E-state index contributed by atoms with van der Waals surface area (Å²) in [6.07, 6.45) is 4.34. The zero-order valence-electron chi connectivity index (χ0n) is 22.0. The van der Waals surface area contributed by atoms with Gasteiger partial charge in [0.1, 0.15) is 5.41 Å². The molecule has 2 fully saturated rings. The number of piperidine rings is 1. The van der Waals surface area contributed by atoms with Gasteiger partial charge in [-0.05, 0) is 61.6 Å². The summed E-state index contributed by atoms with van der Waals surface area (Å²) in [4.78, 5) is 19.7. The van der Waals surface area contributed by atoms with E-state index in [9.17, 15) is 4.79 Å². The summed E-state index contributed by atoms with van der Waals surface area (Å²) in [5.41, 5.74) is 5.39. The fourth-order valence-electron chi connectivity index (χ4n) is 6.63. The van der Waals surface area contributed by atoms with Gasteiger partial charge in [-0.2, -0.15) is 0 Å². The van der Waals surface area contributed by atoms with E-state index < -0.39 is 5.41 Å². The summed E-state index contributed by atoms with van der Waals surface area (Å²) >= 11 is 0. The third kappa shape index (κ3) is 4.34. The van der Waals surface area contributed by atoms with E-state index in [0.29, 0.717) is 0 Å². The van der Waals surface area contributed by atoms with Gasteiger partial charge in [-0.1, -0.05) is 73.2 Å². The fraction of sp³-hybridized carbons (Fsp3) is 0.406. The molecule has 5 nitrogen and oxygen atoms in total. The lowest BCUT2D eigenvalue weighted by molar-refractivity contribution is -0.125. The van der Waals surface area contributed by atoms with E-state index in [-0.39, 0.29) is 5.91 Å². The fourth-order valence-corrected chi connectivity index (χ4v) is 6.63. The Balaban J connectivity index is 1.27. The van der Waals surface area contributed by atoms with Gasteiger partial charge in [0.15, 0.2) is 0 Å². The molecular formula is C32H38N4O. The number of hydrogen-bond donors (Lipinski definition) is 0. The highest BCUT2D eigenvalue weighted by Gasteiger charge is 2.53. The Bertz CT molecular complexity index is 1230. The Labute approximate surface area is 221 Å². The number of hydrogen-bond acceptors (Lipinski definition) is 4. The Morgan fingerprint density at radius 3 is 2.08 bits per heavy atom. The number of benzene rings is 3. The van der Waals surface area contributed by atoms with Crippen molar-refractivity contribution in [2.75, 3.05) is 55.7 Å². The zero-order chi connectivity index (χ0) is 25.2. The first-order valence-corrected chi connectivity index (χ1v) is 14.0. The molecule has 5 heteroatoms. The average Bonchev–Trinajstić information content (AvgIpc) is 3.21. The van der Waals surface area contributed by atoms with Crippen molar-refractivity contribution < 1.29 is 4.79 Å². The molecule has 2 saturated heterocycles. The number of piperazine rings is 1. The first-order chi connectivity index (χ1) is 18.2. The number of hydrazine groups is 1. The predicted molar refractivity (Wildman–Crippen MR) is 151 cm³/mol. The summed E-state index contributed by atoms with van der Waals surface area (Å²) < 4.78 is 0. The normalized spacial score (nSPS) is 22.9. The summed E-state index contributed by atoms with van der Waals surface area (Å²) in [7, 11) is 0. The zero-order valence-corrected chi connectivity index (χ0v) is 22.0. The molecule has 0 bridgehead atoms. The molecule has 0 aromatic heterocycles. The van der Waals surface area contributed by atoms with Crippen LogP contribution in [0.2, 0.25) is 0 Å². The van der Waals surface area contributed by atoms with E-state index in [0.717, 1.165) is 81.9 Å². The molecular weight excluding hydrogens is 456 g/mol. The lowest BCUT2D eigenvalue weighted by Crippen LogP contribution is -2.53. The van der Waals surface area contributed by atoms with Gasteiger partial charge in [-0.3, -0.25) is 9.69 Å². The molecule has 0 radical (unpaired) electrons. The molecule has 1 amide bonds. The largest absolute Gasteiger partial charge is 0.369 e. The second-order valence-electron chi connectivity index (χ2n) is 10.8. The van der Waals surface area contributed by atoms with Crippen LogP contribution in [-0.2, 0) is 10.2 Å². The van der Waals surface area contributed by atoms with Gasteiger partial charge in [-0.15, -0.1) is 0 Å². The number of nitrogens with zero attached hydrogens (tertiary/aromatic N) is 4. The van der Waals surface area contributed by atoms with Crippen LogP contribution in [0, 0.1) is 6.92 Å². The highest BCUT2D eigenvalue weighted by molar-refractivity contribution is 6.09. The van der Waals surface area contributed by atoms with Crippen LogP contribution in [0.1, 0.15) is 42.4 Å². The van der Waals surface area contributed by atoms with Crippen molar-refractivity contribution in [3.8, 4) is 0 Å². The molecule has 3 aliphatic heterocycles. The molecule has 1 atom stereocenters. The number of anilines is 2. The van der Waals surface area contributed by atoms with Gasteiger partial charge in [0, 0.05) is 45.0 Å². The highest BCUT2D eigenvalue weighted by atomic mass is 16.2. The monoisotopic (exact) mass is 494 g/mol. The summed E-state index contributed by atoms with van der Waals surface area (Å²) in [6, 6.07) is 27.7. The van der Waals surface area contributed by atoms with Gasteiger partial charge in [0.2, 0.25) is 0 Å². The smallest absolute Gasteiger partial charge is 0.256 e. The molecule has 0 spiro atoms. The third-order valence-corrected chi connectivity index (χ3v) is 8.66. The molecule has 3 aromatic carbocycles. The van der Waals surface area contributed by atoms with E-state index in [1.165, 1.54) is 17.7 Å². The van der Waals surface area contributed by atoms with Crippen molar-refractivity contribution in [1.29, 1.82) is 0 Å². The number of para-hydroxylation sites is 2. The molecule has 3 aliphatic rings. The SMILES string of the molecule is Cc1ccccc1N1CCN(CCC2(c3ccccc3)C(=O)N(N3CCCCC3)c3ccccc32)CC1. The standard InChI is InChI=1S/C32H38N4O/c1-26-12-6-8-16-29(26)34-24-22-33(23-25-34)21-18-32(27-13-4-2-5-14-27)28-15-7-9-17-30(28)36(31(32)37)35-19-10-3-11-20-35/h2,4-9,12-17H,3,10-11,18-25H2,1H3. The van der Waals surface area contributed by atoms with Crippen LogP contribution in [0.3, 0.4) is 0 Å². The Kier molecular flexibility index (Phi) is 6.74. The second-order valence-corrected chi connectivity index (χ2v) is 10.8. The van der Waals surface area contributed by atoms with Gasteiger partial charge < -0.3 is 4.90 Å². The summed E-state index contributed by atoms with van der Waals surface area (Å²) in [5.74, 6) is 0.223. The maximum atomic E-state index is 14.6. The van der Waals surface area contributed by atoms with E-state index in [1.807, 2.05) is 5.01 Å². The minimum Gasteiger partial charge on any atom is -0.369 e. The van der Waals surface area contributed by atoms with E-state index in [1.54, 1.807) is 0 Å². The molecule has 0 saturated carbocycles. The minimum absolute atomic E-state index is 0.223. The lowest BCUT2D eigenvalue weighted by atomic mass is 9.72. The number of carbonyl (C=O) groups is 1. The van der Waals surface area contributed by atoms with E-state index >= 15 is 0 Å². The predicted octanol–water partition coefficient (Wildman–Crippen LogP) is 5.24. The van der Waals surface area contributed by atoms with Gasteiger partial charge in [0.05, 0.1) is 5.69 Å². The number of aryl methyl sites for hydroxylation is 1. The van der Waals surface area contributed by atoms with Gasteiger partial charge >= 0.3 is 0 Å². The van der Waals surface area contributed by atoms with E-state index in [2.05, 4.69) is 101 Å². The molecule has 0 N–H and O–H groups in total. The van der Waals surface area contributed by atoms with E-state index in [4.69, 9.17) is 0 Å². The molecule has 1 unspecified atom stereocenters. The maximum absolute atomic E-state index is 14.6. The molecule has 37 heavy (non-hydrogen) atoms. The Morgan fingerprint density at radius 2 is 1.35 bits per heavy atom. The van der Waals surface area contributed by atoms with Crippen molar-refractivity contribution in [3.05, 3.63) is 95.6 Å². The number of carbonyl (C=O) groups excluding carboxylic acids is 1. The minimum atomic E-state index is -0.650. The van der Waals surface area contributed by atoms with Crippen LogP contribution in [0.4, 0.5) is 11.4 Å². The Morgan fingerprint density at radius 1 is 0.703 bits per heavy atom. The molecule has 6 rings (SSSR count). The topological polar surface area (TPSA) is 30.0 Å². The number of fused-ring (bicyclic) bond motifs is 1. The van der Waals surface area contributed by atoms with Crippen LogP contribution >= 0.6 is 0 Å².